The number of phenolic OH excluding ortho intramolecular Hbond substituents is 2. The van der Waals surface area contributed by atoms with Gasteiger partial charge in [0, 0.05) is 0 Å². The molecule has 0 bridgehead atoms. The fourth-order valence-electron chi connectivity index (χ4n) is 5.51. The summed E-state index contributed by atoms with van der Waals surface area (Å²) >= 11 is 24.1. The Morgan fingerprint density at radius 3 is 1.43 bits per heavy atom. The zero-order valence-electron chi connectivity index (χ0n) is 27.8. The van der Waals surface area contributed by atoms with E-state index in [1.54, 1.807) is 26.4 Å². The van der Waals surface area contributed by atoms with Gasteiger partial charge in [-0.1, -0.05) is 91.4 Å². The maximum absolute atomic E-state index is 9.65. The van der Waals surface area contributed by atoms with Crippen LogP contribution in [0.3, 0.4) is 0 Å². The van der Waals surface area contributed by atoms with E-state index in [0.717, 1.165) is 44.9 Å². The van der Waals surface area contributed by atoms with Gasteiger partial charge in [-0.2, -0.15) is 0 Å². The Morgan fingerprint density at radius 2 is 0.957 bits per heavy atom. The number of benzene rings is 4. The molecule has 4 nitrogen and oxygen atoms in total. The van der Waals surface area contributed by atoms with Gasteiger partial charge in [0.15, 0.2) is 23.0 Å². The largest absolute Gasteiger partial charge is 0.504 e. The Kier molecular flexibility index (Phi) is 15.9. The SMILES string of the molecule is COc1cc(CCC(C)CC(C)c2ccc(Cl)c(Cl)c2)ccc1O.COc1cc(CCC(C)CCc2ccc(Cl)c(Cl)c2)ccc1O. The van der Waals surface area contributed by atoms with Gasteiger partial charge < -0.3 is 19.7 Å². The van der Waals surface area contributed by atoms with Gasteiger partial charge in [0.2, 0.25) is 0 Å². The topological polar surface area (TPSA) is 58.9 Å². The van der Waals surface area contributed by atoms with Gasteiger partial charge in [-0.25, -0.2) is 0 Å². The summed E-state index contributed by atoms with van der Waals surface area (Å²) in [7, 11) is 3.14. The zero-order valence-corrected chi connectivity index (χ0v) is 30.9. The lowest BCUT2D eigenvalue weighted by atomic mass is 9.88. The maximum Gasteiger partial charge on any atom is 0.160 e. The molecule has 0 heterocycles. The van der Waals surface area contributed by atoms with E-state index in [-0.39, 0.29) is 11.5 Å². The molecule has 4 aromatic carbocycles. The van der Waals surface area contributed by atoms with Gasteiger partial charge in [-0.3, -0.25) is 0 Å². The summed E-state index contributed by atoms with van der Waals surface area (Å²) in [4.78, 5) is 0. The van der Waals surface area contributed by atoms with Gasteiger partial charge in [-0.15, -0.1) is 0 Å². The molecular weight excluding hydrogens is 674 g/mol. The lowest BCUT2D eigenvalue weighted by Gasteiger charge is -2.18. The molecule has 0 aromatic heterocycles. The van der Waals surface area contributed by atoms with Crippen molar-refractivity contribution in [3.63, 3.8) is 0 Å². The predicted molar refractivity (Wildman–Crippen MR) is 199 cm³/mol. The molecule has 8 heteroatoms. The second kappa shape index (κ2) is 19.3. The number of aromatic hydroxyl groups is 2. The van der Waals surface area contributed by atoms with Gasteiger partial charge in [0.05, 0.1) is 34.3 Å². The van der Waals surface area contributed by atoms with Crippen molar-refractivity contribution in [3.8, 4) is 23.0 Å². The second-order valence-electron chi connectivity index (χ2n) is 12.4. The summed E-state index contributed by atoms with van der Waals surface area (Å²) in [5.41, 5.74) is 4.81. The number of aryl methyl sites for hydroxylation is 3. The first-order valence-electron chi connectivity index (χ1n) is 16.0. The number of hydrogen-bond acceptors (Lipinski definition) is 4. The van der Waals surface area contributed by atoms with E-state index in [0.29, 0.717) is 49.3 Å². The third-order valence-corrected chi connectivity index (χ3v) is 10.00. The molecular formula is C39H46Cl4O4. The van der Waals surface area contributed by atoms with Crippen molar-refractivity contribution in [2.75, 3.05) is 14.2 Å². The van der Waals surface area contributed by atoms with Crippen LogP contribution in [-0.2, 0) is 19.3 Å². The highest BCUT2D eigenvalue weighted by atomic mass is 35.5. The molecule has 2 N–H and O–H groups in total. The van der Waals surface area contributed by atoms with Crippen molar-refractivity contribution in [3.05, 3.63) is 115 Å². The van der Waals surface area contributed by atoms with Crippen LogP contribution in [-0.4, -0.2) is 24.4 Å². The Morgan fingerprint density at radius 1 is 0.532 bits per heavy atom. The molecule has 0 aliphatic carbocycles. The van der Waals surface area contributed by atoms with E-state index in [9.17, 15) is 10.2 Å². The third kappa shape index (κ3) is 12.7. The highest BCUT2D eigenvalue weighted by molar-refractivity contribution is 6.42. The molecule has 0 saturated carbocycles. The molecule has 47 heavy (non-hydrogen) atoms. The molecule has 254 valence electrons. The second-order valence-corrected chi connectivity index (χ2v) is 14.0. The lowest BCUT2D eigenvalue weighted by molar-refractivity contribution is 0.372. The predicted octanol–water partition coefficient (Wildman–Crippen LogP) is 12.4. The third-order valence-electron chi connectivity index (χ3n) is 8.52. The standard InChI is InChI=1S/C20H24Cl2O2.C19H22Cl2O2/c1-13(4-5-15-6-9-19(23)20(11-15)24-3)10-14(2)16-7-8-17(21)18(22)12-16;1-13(3-5-14-7-9-16(20)17(21)11-14)4-6-15-8-10-18(22)19(12-15)23-2/h6-9,11-14,23H,4-5,10H2,1-3H3;7-13,22H,3-6H2,1-2H3. The Balaban J connectivity index is 0.000000256. The van der Waals surface area contributed by atoms with Crippen molar-refractivity contribution < 1.29 is 19.7 Å². The molecule has 0 amide bonds. The Bertz CT molecular complexity index is 1580. The number of phenols is 2. The van der Waals surface area contributed by atoms with Crippen molar-refractivity contribution in [2.45, 2.75) is 71.6 Å². The van der Waals surface area contributed by atoms with Crippen LogP contribution >= 0.6 is 46.4 Å². The van der Waals surface area contributed by atoms with Crippen LogP contribution in [0.5, 0.6) is 23.0 Å². The van der Waals surface area contributed by atoms with Crippen LogP contribution < -0.4 is 9.47 Å². The smallest absolute Gasteiger partial charge is 0.160 e. The van der Waals surface area contributed by atoms with E-state index >= 15 is 0 Å². The highest BCUT2D eigenvalue weighted by Gasteiger charge is 2.13. The van der Waals surface area contributed by atoms with E-state index < -0.39 is 0 Å². The fourth-order valence-corrected chi connectivity index (χ4v) is 6.14. The molecule has 0 aliphatic rings. The maximum atomic E-state index is 9.65. The summed E-state index contributed by atoms with van der Waals surface area (Å²) in [6, 6.07) is 22.8. The van der Waals surface area contributed by atoms with Crippen molar-refractivity contribution >= 4 is 46.4 Å². The minimum absolute atomic E-state index is 0.183. The quantitative estimate of drug-likeness (QED) is 0.136. The Labute approximate surface area is 300 Å². The van der Waals surface area contributed by atoms with E-state index in [1.165, 1.54) is 22.3 Å². The Hall–Kier alpha value is -2.76. The summed E-state index contributed by atoms with van der Waals surface area (Å²) < 4.78 is 10.3. The molecule has 4 rings (SSSR count). The number of methoxy groups -OCH3 is 2. The normalized spacial score (nSPS) is 12.9. The van der Waals surface area contributed by atoms with Crippen LogP contribution in [0.4, 0.5) is 0 Å². The van der Waals surface area contributed by atoms with Crippen molar-refractivity contribution in [1.82, 2.24) is 0 Å². The van der Waals surface area contributed by atoms with E-state index in [1.807, 2.05) is 54.6 Å². The van der Waals surface area contributed by atoms with Crippen molar-refractivity contribution in [1.29, 1.82) is 0 Å². The number of hydrogen-bond donors (Lipinski definition) is 2. The summed E-state index contributed by atoms with van der Waals surface area (Å²) in [5.74, 6) is 3.05. The average Bonchev–Trinajstić information content (AvgIpc) is 3.06. The van der Waals surface area contributed by atoms with Crippen LogP contribution in [0.25, 0.3) is 0 Å². The van der Waals surface area contributed by atoms with Gasteiger partial charge in [0.1, 0.15) is 0 Å². The molecule has 0 saturated heterocycles. The summed E-state index contributed by atoms with van der Waals surface area (Å²) in [6.45, 7) is 6.75. The van der Waals surface area contributed by atoms with Crippen molar-refractivity contribution in [2.24, 2.45) is 11.8 Å². The molecule has 4 aromatic rings. The highest BCUT2D eigenvalue weighted by Crippen LogP contribution is 2.32. The monoisotopic (exact) mass is 718 g/mol. The fraction of sp³-hybridized carbons (Fsp3) is 0.385. The summed E-state index contributed by atoms with van der Waals surface area (Å²) in [6.07, 6.45) is 7.30. The molecule has 3 unspecified atom stereocenters. The van der Waals surface area contributed by atoms with Crippen LogP contribution in [0.15, 0.2) is 72.8 Å². The molecule has 3 atom stereocenters. The van der Waals surface area contributed by atoms with Gasteiger partial charge in [-0.05, 0) is 133 Å². The first-order chi connectivity index (χ1) is 22.4. The van der Waals surface area contributed by atoms with Gasteiger partial charge >= 0.3 is 0 Å². The first kappa shape index (κ1) is 38.7. The summed E-state index contributed by atoms with van der Waals surface area (Å²) in [5, 5.41) is 21.7. The minimum Gasteiger partial charge on any atom is -0.504 e. The minimum atomic E-state index is 0.183. The van der Waals surface area contributed by atoms with Gasteiger partial charge in [0.25, 0.3) is 0 Å². The van der Waals surface area contributed by atoms with E-state index in [2.05, 4.69) is 26.8 Å². The lowest BCUT2D eigenvalue weighted by Crippen LogP contribution is -2.04. The number of halogens is 4. The number of ether oxygens (including phenoxy) is 2. The zero-order chi connectivity index (χ0) is 34.5. The molecule has 0 fully saturated rings. The molecule has 0 radical (unpaired) electrons. The molecule has 0 aliphatic heterocycles. The number of rotatable bonds is 14. The van der Waals surface area contributed by atoms with Crippen LogP contribution in [0.1, 0.15) is 74.6 Å². The van der Waals surface area contributed by atoms with Crippen LogP contribution in [0.2, 0.25) is 20.1 Å². The molecule has 0 spiro atoms. The first-order valence-corrected chi connectivity index (χ1v) is 17.5. The van der Waals surface area contributed by atoms with E-state index in [4.69, 9.17) is 55.9 Å². The average molecular weight is 721 g/mol. The van der Waals surface area contributed by atoms with Crippen LogP contribution in [0, 0.1) is 11.8 Å².